The highest BCUT2D eigenvalue weighted by atomic mass is 16.6. The van der Waals surface area contributed by atoms with Crippen LogP contribution >= 0.6 is 0 Å². The van der Waals surface area contributed by atoms with Gasteiger partial charge in [-0.15, -0.1) is 0 Å². The summed E-state index contributed by atoms with van der Waals surface area (Å²) < 4.78 is 5.28. The van der Waals surface area contributed by atoms with Crippen LogP contribution in [-0.4, -0.2) is 28.7 Å². The summed E-state index contributed by atoms with van der Waals surface area (Å²) in [4.78, 5) is 28.6. The molecule has 0 saturated carbocycles. The maximum atomic E-state index is 12.1. The number of carboxylic acids is 1. The number of fused-ring (bicyclic) bond motifs is 1. The maximum absolute atomic E-state index is 12.1. The van der Waals surface area contributed by atoms with Crippen molar-refractivity contribution in [3.63, 3.8) is 0 Å². The summed E-state index contributed by atoms with van der Waals surface area (Å²) in [5.41, 5.74) is 1.78. The molecule has 0 radical (unpaired) electrons. The second kappa shape index (κ2) is 5.85. The molecule has 2 aromatic rings. The fourth-order valence-corrected chi connectivity index (χ4v) is 2.36. The molecule has 0 saturated heterocycles. The zero-order valence-electron chi connectivity index (χ0n) is 11.7. The summed E-state index contributed by atoms with van der Waals surface area (Å²) in [5.74, 6) is -0.552. The van der Waals surface area contributed by atoms with E-state index in [4.69, 9.17) is 9.84 Å². The lowest BCUT2D eigenvalue weighted by molar-refractivity contribution is 0.0696. The number of aromatic carboxylic acids is 1. The second-order valence-corrected chi connectivity index (χ2v) is 4.95. The molecule has 1 N–H and O–H groups in total. The van der Waals surface area contributed by atoms with Crippen molar-refractivity contribution in [2.75, 3.05) is 11.4 Å². The number of nitrogens with zero attached hydrogens (tertiary/aromatic N) is 2. The number of rotatable bonds is 3. The molecule has 6 nitrogen and oxygen atoms in total. The van der Waals surface area contributed by atoms with Crippen LogP contribution in [0.25, 0.3) is 0 Å². The van der Waals surface area contributed by atoms with E-state index >= 15 is 0 Å². The number of hydrogen-bond donors (Lipinski definition) is 1. The minimum Gasteiger partial charge on any atom is -0.478 e. The van der Waals surface area contributed by atoms with E-state index in [0.29, 0.717) is 18.8 Å². The lowest BCUT2D eigenvalue weighted by Gasteiger charge is -2.16. The highest BCUT2D eigenvalue weighted by Crippen LogP contribution is 2.27. The molecule has 0 spiro atoms. The van der Waals surface area contributed by atoms with Crippen molar-refractivity contribution >= 4 is 17.9 Å². The van der Waals surface area contributed by atoms with Gasteiger partial charge in [-0.05, 0) is 23.6 Å². The Morgan fingerprint density at radius 3 is 2.77 bits per heavy atom. The third kappa shape index (κ3) is 2.76. The van der Waals surface area contributed by atoms with Gasteiger partial charge in [0.25, 0.3) is 0 Å². The van der Waals surface area contributed by atoms with E-state index in [1.165, 1.54) is 11.1 Å². The smallest absolute Gasteiger partial charge is 0.415 e. The van der Waals surface area contributed by atoms with Gasteiger partial charge in [-0.1, -0.05) is 30.3 Å². The van der Waals surface area contributed by atoms with Crippen LogP contribution in [0.2, 0.25) is 0 Å². The molecule has 1 aliphatic heterocycles. The van der Waals surface area contributed by atoms with Crippen molar-refractivity contribution in [1.82, 2.24) is 4.98 Å². The van der Waals surface area contributed by atoms with Crippen LogP contribution in [0.5, 0.6) is 0 Å². The first-order valence-corrected chi connectivity index (χ1v) is 6.85. The molecule has 1 aromatic carbocycles. The average Bonchev–Trinajstić information content (AvgIpc) is 2.96. The highest BCUT2D eigenvalue weighted by Gasteiger charge is 2.28. The summed E-state index contributed by atoms with van der Waals surface area (Å²) >= 11 is 0. The Labute approximate surface area is 127 Å². The van der Waals surface area contributed by atoms with Gasteiger partial charge in [0.2, 0.25) is 0 Å². The number of anilines is 1. The Balaban J connectivity index is 1.70. The lowest BCUT2D eigenvalue weighted by atomic mass is 10.2. The number of aromatic nitrogens is 1. The molecule has 22 heavy (non-hydrogen) atoms. The lowest BCUT2D eigenvalue weighted by Crippen LogP contribution is -2.30. The number of carboxylic acid groups (broad SMARTS) is 1. The Hall–Kier alpha value is -2.89. The minimum atomic E-state index is -1.03. The monoisotopic (exact) mass is 298 g/mol. The van der Waals surface area contributed by atoms with E-state index in [0.717, 1.165) is 11.1 Å². The fourth-order valence-electron chi connectivity index (χ4n) is 2.36. The third-order valence-electron chi connectivity index (χ3n) is 3.48. The predicted octanol–water partition coefficient (Wildman–Crippen LogP) is 2.48. The number of benzene rings is 1. The van der Waals surface area contributed by atoms with Crippen LogP contribution in [0.1, 0.15) is 21.5 Å². The Kier molecular flexibility index (Phi) is 3.74. The summed E-state index contributed by atoms with van der Waals surface area (Å²) in [6, 6.07) is 11.0. The molecule has 112 valence electrons. The first-order chi connectivity index (χ1) is 10.6. The van der Waals surface area contributed by atoms with Crippen molar-refractivity contribution in [2.24, 2.45) is 0 Å². The van der Waals surface area contributed by atoms with Crippen molar-refractivity contribution in [1.29, 1.82) is 0 Å². The molecule has 3 rings (SSSR count). The molecule has 1 aromatic heterocycles. The van der Waals surface area contributed by atoms with Gasteiger partial charge in [0, 0.05) is 12.7 Å². The molecule has 0 aliphatic carbocycles. The standard InChI is InChI=1S/C16H14N2O4/c19-15(20)13-8-12-6-7-18(14(12)17-9-13)16(21)22-10-11-4-2-1-3-5-11/h1-5,8-9H,6-7,10H2,(H,19,20). The van der Waals surface area contributed by atoms with Crippen molar-refractivity contribution in [2.45, 2.75) is 13.0 Å². The van der Waals surface area contributed by atoms with Gasteiger partial charge in [0.05, 0.1) is 5.56 Å². The molecule has 0 bridgehead atoms. The van der Waals surface area contributed by atoms with Crippen LogP contribution in [0.15, 0.2) is 42.6 Å². The predicted molar refractivity (Wildman–Crippen MR) is 78.9 cm³/mol. The van der Waals surface area contributed by atoms with Gasteiger partial charge in [0.15, 0.2) is 0 Å². The van der Waals surface area contributed by atoms with E-state index in [1.54, 1.807) is 6.07 Å². The normalized spacial score (nSPS) is 12.8. The Bertz CT molecular complexity index is 715. The molecule has 0 fully saturated rings. The first-order valence-electron chi connectivity index (χ1n) is 6.85. The topological polar surface area (TPSA) is 79.7 Å². The zero-order chi connectivity index (χ0) is 15.5. The van der Waals surface area contributed by atoms with E-state index in [-0.39, 0.29) is 12.2 Å². The Morgan fingerprint density at radius 2 is 2.05 bits per heavy atom. The minimum absolute atomic E-state index is 0.123. The van der Waals surface area contributed by atoms with Crippen LogP contribution in [0, 0.1) is 0 Å². The highest BCUT2D eigenvalue weighted by molar-refractivity contribution is 5.91. The van der Waals surface area contributed by atoms with E-state index in [9.17, 15) is 9.59 Å². The fraction of sp³-hybridized carbons (Fsp3) is 0.188. The van der Waals surface area contributed by atoms with Crippen LogP contribution in [0.4, 0.5) is 10.6 Å². The SMILES string of the molecule is O=C(O)c1cnc2c(c1)CCN2C(=O)OCc1ccccc1. The molecule has 1 aliphatic rings. The van der Waals surface area contributed by atoms with Crippen molar-refractivity contribution in [3.05, 3.63) is 59.3 Å². The summed E-state index contributed by atoms with van der Waals surface area (Å²) in [6.45, 7) is 0.637. The van der Waals surface area contributed by atoms with Crippen molar-refractivity contribution in [3.8, 4) is 0 Å². The Morgan fingerprint density at radius 1 is 1.27 bits per heavy atom. The number of carbonyl (C=O) groups excluding carboxylic acids is 1. The third-order valence-corrected chi connectivity index (χ3v) is 3.48. The van der Waals surface area contributed by atoms with Gasteiger partial charge in [-0.3, -0.25) is 4.90 Å². The van der Waals surface area contributed by atoms with Crippen LogP contribution in [-0.2, 0) is 17.8 Å². The summed E-state index contributed by atoms with van der Waals surface area (Å²) in [7, 11) is 0. The maximum Gasteiger partial charge on any atom is 0.415 e. The van der Waals surface area contributed by atoms with Gasteiger partial charge in [-0.25, -0.2) is 14.6 Å². The molecule has 0 atom stereocenters. The van der Waals surface area contributed by atoms with E-state index in [2.05, 4.69) is 4.98 Å². The van der Waals surface area contributed by atoms with Gasteiger partial charge in [0.1, 0.15) is 12.4 Å². The summed E-state index contributed by atoms with van der Waals surface area (Å²) in [5, 5.41) is 8.96. The van der Waals surface area contributed by atoms with Crippen molar-refractivity contribution < 1.29 is 19.4 Å². The van der Waals surface area contributed by atoms with Gasteiger partial charge in [-0.2, -0.15) is 0 Å². The van der Waals surface area contributed by atoms with Crippen LogP contribution in [0.3, 0.4) is 0 Å². The molecular weight excluding hydrogens is 284 g/mol. The molecular formula is C16H14N2O4. The number of pyridine rings is 1. The molecule has 0 unspecified atom stereocenters. The molecule has 6 heteroatoms. The number of carbonyl (C=O) groups is 2. The zero-order valence-corrected chi connectivity index (χ0v) is 11.7. The quantitative estimate of drug-likeness (QED) is 0.941. The number of amides is 1. The average molecular weight is 298 g/mol. The number of ether oxygens (including phenoxy) is 1. The molecule has 1 amide bonds. The first kappa shape index (κ1) is 14.1. The van der Waals surface area contributed by atoms with Gasteiger partial charge < -0.3 is 9.84 Å². The number of hydrogen-bond acceptors (Lipinski definition) is 4. The van der Waals surface area contributed by atoms with Gasteiger partial charge >= 0.3 is 12.1 Å². The summed E-state index contributed by atoms with van der Waals surface area (Å²) in [6.07, 6.45) is 1.35. The molecule has 2 heterocycles. The van der Waals surface area contributed by atoms with E-state index < -0.39 is 12.1 Å². The largest absolute Gasteiger partial charge is 0.478 e. The van der Waals surface area contributed by atoms with E-state index in [1.807, 2.05) is 30.3 Å². The van der Waals surface area contributed by atoms with Crippen LogP contribution < -0.4 is 4.90 Å². The second-order valence-electron chi connectivity index (χ2n) is 4.95.